The maximum atomic E-state index is 13.1. The number of imide groups is 2. The first-order valence-electron chi connectivity index (χ1n) is 18.5. The Morgan fingerprint density at radius 1 is 0.550 bits per heavy atom. The van der Waals surface area contributed by atoms with Gasteiger partial charge < -0.3 is 38.3 Å². The lowest BCUT2D eigenvalue weighted by Crippen LogP contribution is -2.50. The second-order valence-electron chi connectivity index (χ2n) is 14.2. The van der Waals surface area contributed by atoms with Crippen molar-refractivity contribution in [2.24, 2.45) is 23.7 Å². The number of methoxy groups -OCH3 is 3. The van der Waals surface area contributed by atoms with Crippen LogP contribution in [0.4, 0.5) is 11.4 Å². The van der Waals surface area contributed by atoms with E-state index in [1.807, 2.05) is 0 Å². The Morgan fingerprint density at radius 3 is 1.18 bits per heavy atom. The summed E-state index contributed by atoms with van der Waals surface area (Å²) in [6, 6.07) is 17.3. The number of anilines is 2. The molecule has 6 heterocycles. The van der Waals surface area contributed by atoms with Crippen molar-refractivity contribution in [3.8, 4) is 0 Å². The number of amides is 4. The van der Waals surface area contributed by atoms with Crippen LogP contribution < -0.4 is 9.80 Å². The van der Waals surface area contributed by atoms with Crippen LogP contribution in [0.3, 0.4) is 0 Å². The number of para-hydroxylation sites is 2. The van der Waals surface area contributed by atoms with Crippen molar-refractivity contribution in [3.63, 3.8) is 0 Å². The molecule has 0 aliphatic carbocycles. The molecule has 12 unspecified atom stereocenters. The molecular weight excluding hydrogens is 829 g/mol. The summed E-state index contributed by atoms with van der Waals surface area (Å²) in [7, 11) is 4.09. The summed E-state index contributed by atoms with van der Waals surface area (Å²) in [6.07, 6.45) is -6.96. The smallest absolute Gasteiger partial charge is 0.306 e. The molecule has 0 saturated carbocycles. The van der Waals surface area contributed by atoms with Gasteiger partial charge in [0, 0.05) is 44.0 Å². The van der Waals surface area contributed by atoms with Crippen LogP contribution in [0.2, 0.25) is 0 Å². The highest BCUT2D eigenvalue weighted by Crippen LogP contribution is 2.52. The van der Waals surface area contributed by atoms with Gasteiger partial charge in [-0.3, -0.25) is 38.4 Å². The van der Waals surface area contributed by atoms with Crippen LogP contribution in [0.25, 0.3) is 0 Å². The normalized spacial score (nSPS) is 31.2. The van der Waals surface area contributed by atoms with Gasteiger partial charge in [-0.05, 0) is 24.3 Å². The van der Waals surface area contributed by atoms with Crippen molar-refractivity contribution in [3.05, 3.63) is 68.1 Å². The van der Waals surface area contributed by atoms with E-state index in [0.29, 0.717) is 11.4 Å². The maximum absolute atomic E-state index is 13.1. The molecule has 18 nitrogen and oxygen atoms in total. The van der Waals surface area contributed by atoms with E-state index in [4.69, 9.17) is 33.5 Å². The van der Waals surface area contributed by atoms with Gasteiger partial charge in [-0.25, -0.2) is 9.80 Å². The molecule has 320 valence electrons. The van der Waals surface area contributed by atoms with Crippen LogP contribution in [-0.4, -0.2) is 123 Å². The van der Waals surface area contributed by atoms with Gasteiger partial charge in [0.2, 0.25) is 23.6 Å². The van der Waals surface area contributed by atoms with Gasteiger partial charge >= 0.3 is 23.9 Å². The van der Waals surface area contributed by atoms with Crippen molar-refractivity contribution in [2.75, 3.05) is 31.1 Å². The molecule has 0 radical (unpaired) electrons. The third kappa shape index (κ3) is 8.26. The summed E-state index contributed by atoms with van der Waals surface area (Å²) < 4.78 is 38.0. The minimum Gasteiger partial charge on any atom is -0.481 e. The van der Waals surface area contributed by atoms with E-state index in [9.17, 15) is 38.4 Å². The second kappa shape index (κ2) is 19.4. The number of benzene rings is 2. The third-order valence-electron chi connectivity index (χ3n) is 11.2. The lowest BCUT2D eigenvalue weighted by atomic mass is 9.78. The molecule has 4 bridgehead atoms. The summed E-state index contributed by atoms with van der Waals surface area (Å²) >= 11 is 7.33. The molecule has 2 aromatic carbocycles. The maximum Gasteiger partial charge on any atom is 0.306 e. The standard InChI is InChI=1S/C20H21NO8.C19H19NO8.CH3.S2/c1-26-11(22)8-9-12(23)28-18-16-14-13(15(29-16)17(18)27-2)19(24)21(20(14)25)10-6-4-3-5-7-10;1-26-16-14-12-13(15(28-14)17(16)27-11(23)8-7-10(21)22)19(25)20(18(12)24)9-5-3-2-4-6-9;;1-2/h3-7,13-18H,8-9H2,1-2H3;2-6,12-17H,7-8H2,1H3,(H,21,22);1H3;/q;;+1;. The number of carbonyl (C=O) groups is 8. The summed E-state index contributed by atoms with van der Waals surface area (Å²) in [5.41, 5.74) is 0.979. The van der Waals surface area contributed by atoms with E-state index >= 15 is 0 Å². The monoisotopic (exact) mass is 871 g/mol. The van der Waals surface area contributed by atoms with Crippen molar-refractivity contribution in [2.45, 2.75) is 74.5 Å². The van der Waals surface area contributed by atoms with Gasteiger partial charge in [-0.1, -0.05) is 36.4 Å². The Balaban J connectivity index is 0.000000215. The lowest BCUT2D eigenvalue weighted by Gasteiger charge is -2.31. The molecule has 6 aliphatic heterocycles. The van der Waals surface area contributed by atoms with Crippen molar-refractivity contribution >= 4 is 81.3 Å². The van der Waals surface area contributed by atoms with Crippen molar-refractivity contribution in [1.29, 1.82) is 0 Å². The summed E-state index contributed by atoms with van der Waals surface area (Å²) in [5, 5.41) is 8.71. The lowest BCUT2D eigenvalue weighted by molar-refractivity contribution is -0.163. The Morgan fingerprint density at radius 2 is 0.867 bits per heavy atom. The first-order valence-corrected chi connectivity index (χ1v) is 19.8. The average Bonchev–Trinajstić information content (AvgIpc) is 4.08. The number of carbonyl (C=O) groups excluding carboxylic acids is 7. The molecule has 4 amide bonds. The zero-order chi connectivity index (χ0) is 42.7. The van der Waals surface area contributed by atoms with Gasteiger partial charge in [-0.15, -0.1) is 0 Å². The zero-order valence-electron chi connectivity index (χ0n) is 32.8. The third-order valence-corrected chi connectivity index (χ3v) is 11.2. The van der Waals surface area contributed by atoms with E-state index in [1.165, 1.54) is 26.2 Å². The number of esters is 3. The number of ether oxygens (including phenoxy) is 7. The molecular formula is C40H43N2O16S2+. The number of carboxylic acid groups (broad SMARTS) is 1. The Hall–Kier alpha value is -5.25. The fourth-order valence-electron chi connectivity index (χ4n) is 8.79. The van der Waals surface area contributed by atoms with Crippen molar-refractivity contribution in [1.82, 2.24) is 0 Å². The summed E-state index contributed by atoms with van der Waals surface area (Å²) in [6.45, 7) is 0. The van der Waals surface area contributed by atoms with Crippen LogP contribution in [0.5, 0.6) is 0 Å². The quantitative estimate of drug-likeness (QED) is 0.137. The van der Waals surface area contributed by atoms with Gasteiger partial charge in [0.1, 0.15) is 36.6 Å². The van der Waals surface area contributed by atoms with Gasteiger partial charge in [0.05, 0.1) is 67.8 Å². The van der Waals surface area contributed by atoms with Gasteiger partial charge in [-0.2, -0.15) is 0 Å². The largest absolute Gasteiger partial charge is 0.481 e. The van der Waals surface area contributed by atoms with E-state index < -0.39 is 102 Å². The Bertz CT molecular complexity index is 1970. The predicted molar refractivity (Wildman–Crippen MR) is 210 cm³/mol. The van der Waals surface area contributed by atoms with Crippen LogP contribution in [0.1, 0.15) is 25.7 Å². The Kier molecular flexibility index (Phi) is 14.8. The van der Waals surface area contributed by atoms with E-state index in [-0.39, 0.29) is 50.8 Å². The van der Waals surface area contributed by atoms with Crippen LogP contribution >= 0.6 is 0 Å². The number of carboxylic acids is 1. The highest BCUT2D eigenvalue weighted by molar-refractivity contribution is 8.07. The number of aliphatic carboxylic acids is 1. The molecule has 2 aromatic rings. The molecule has 0 aromatic heterocycles. The minimum atomic E-state index is -1.11. The molecule has 60 heavy (non-hydrogen) atoms. The molecule has 0 spiro atoms. The predicted octanol–water partition coefficient (Wildman–Crippen LogP) is 1.26. The molecule has 6 aliphatic rings. The summed E-state index contributed by atoms with van der Waals surface area (Å²) in [5.74, 6) is -7.30. The second-order valence-corrected chi connectivity index (χ2v) is 14.2. The molecule has 20 heteroatoms. The topological polar surface area (TPSA) is 228 Å². The highest BCUT2D eigenvalue weighted by atomic mass is 32.8. The molecule has 1 N–H and O–H groups in total. The first-order chi connectivity index (χ1) is 28.4. The summed E-state index contributed by atoms with van der Waals surface area (Å²) in [4.78, 5) is 100. The van der Waals surface area contributed by atoms with E-state index in [0.717, 1.165) is 4.90 Å². The number of hydrogen-bond donors (Lipinski definition) is 1. The molecule has 6 fully saturated rings. The molecule has 6 saturated heterocycles. The van der Waals surface area contributed by atoms with Crippen LogP contribution in [-0.2, 0) is 93.9 Å². The number of rotatable bonds is 12. The Labute approximate surface area is 354 Å². The van der Waals surface area contributed by atoms with Crippen molar-refractivity contribution < 1.29 is 76.6 Å². The van der Waals surface area contributed by atoms with E-state index in [1.54, 1.807) is 60.7 Å². The van der Waals surface area contributed by atoms with Crippen LogP contribution in [0.15, 0.2) is 60.7 Å². The minimum absolute atomic E-state index is 0. The van der Waals surface area contributed by atoms with Gasteiger partial charge in [0.25, 0.3) is 0 Å². The molecule has 8 rings (SSSR count). The highest BCUT2D eigenvalue weighted by Gasteiger charge is 2.72. The molecule has 12 atom stereocenters. The van der Waals surface area contributed by atoms with Gasteiger partial charge in [0.15, 0.2) is 12.2 Å². The van der Waals surface area contributed by atoms with E-state index in [2.05, 4.69) is 27.1 Å². The fourth-order valence-corrected chi connectivity index (χ4v) is 8.79. The number of hydrogen-bond acceptors (Lipinski definition) is 17. The van der Waals surface area contributed by atoms with Crippen LogP contribution in [0, 0.1) is 31.1 Å². The first kappa shape index (κ1) is 45.8. The number of nitrogens with zero attached hydrogens (tertiary/aromatic N) is 2. The average molecular weight is 872 g/mol. The fraction of sp³-hybridized carbons (Fsp3) is 0.475. The SMILES string of the molecule is COC(=O)CCC(=O)OC1C(OC)C2OC1C1C(=O)N(c3ccccc3)C(=O)C21.COC1C(OC(=O)CCC(=O)O)C2OC1C1C(=O)N(c3ccccc3)C(=O)C21.S=S.[CH3+]. The number of fused-ring (bicyclic) bond motifs is 10. The zero-order valence-corrected chi connectivity index (χ0v) is 34.4.